The molecule has 1 aromatic heterocycles. The monoisotopic (exact) mass is 455 g/mol. The van der Waals surface area contributed by atoms with Gasteiger partial charge in [-0.2, -0.15) is 0 Å². The molecule has 7 nitrogen and oxygen atoms in total. The molecule has 1 aromatic carbocycles. The number of halogens is 2. The minimum Gasteiger partial charge on any atom is -0.382 e. The highest BCUT2D eigenvalue weighted by atomic mass is 79.9. The third-order valence-electron chi connectivity index (χ3n) is 4.05. The van der Waals surface area contributed by atoms with Crippen LogP contribution in [0.25, 0.3) is 0 Å². The number of nitrogens with one attached hydrogen (secondary N) is 1. The Morgan fingerprint density at radius 1 is 1.32 bits per heavy atom. The van der Waals surface area contributed by atoms with E-state index >= 15 is 0 Å². The van der Waals surface area contributed by atoms with Crippen LogP contribution < -0.4 is 11.1 Å². The van der Waals surface area contributed by atoms with Crippen LogP contribution in [-0.2, 0) is 10.8 Å². The SMILES string of the molecule is [B]C1([B])CC(Nc2nonc2C(N)=Nc2ccc(F)c(Br)c2)CC([B])([B])S1=O. The third-order valence-corrected chi connectivity index (χ3v) is 6.37. The molecule has 0 saturated carbocycles. The van der Waals surface area contributed by atoms with E-state index in [9.17, 15) is 8.60 Å². The van der Waals surface area contributed by atoms with Crippen molar-refractivity contribution in [3.8, 4) is 0 Å². The van der Waals surface area contributed by atoms with Gasteiger partial charge in [0.2, 0.25) is 5.82 Å². The van der Waals surface area contributed by atoms with Gasteiger partial charge < -0.3 is 11.1 Å². The zero-order valence-corrected chi connectivity index (χ0v) is 16.8. The van der Waals surface area contributed by atoms with E-state index < -0.39 is 31.8 Å². The van der Waals surface area contributed by atoms with Crippen LogP contribution >= 0.6 is 15.9 Å². The van der Waals surface area contributed by atoms with Crippen molar-refractivity contribution >= 4 is 75.5 Å². The number of hydrogen-bond donors (Lipinski definition) is 2. The molecule has 0 atom stereocenters. The first-order chi connectivity index (χ1) is 13.0. The van der Waals surface area contributed by atoms with Gasteiger partial charge in [0.15, 0.2) is 11.5 Å². The molecule has 8 radical (unpaired) electrons. The quantitative estimate of drug-likeness (QED) is 0.391. The largest absolute Gasteiger partial charge is 0.382 e. The molecular formula is C14H11B4BrFN5O2S. The number of anilines is 1. The first-order valence-electron chi connectivity index (χ1n) is 7.96. The Kier molecular flexibility index (Phi) is 5.82. The molecule has 0 spiro atoms. The Balaban J connectivity index is 1.83. The molecule has 14 heteroatoms. The summed E-state index contributed by atoms with van der Waals surface area (Å²) in [7, 11) is 21.7. The molecule has 0 unspecified atom stereocenters. The molecule has 1 saturated heterocycles. The van der Waals surface area contributed by atoms with Gasteiger partial charge in [-0.3, -0.25) is 4.21 Å². The van der Waals surface area contributed by atoms with Crippen LogP contribution in [0.4, 0.5) is 15.9 Å². The molecule has 3 rings (SSSR count). The maximum Gasteiger partial charge on any atom is 0.202 e. The van der Waals surface area contributed by atoms with Gasteiger partial charge in [-0.1, -0.05) is 0 Å². The number of hydrogen-bond acceptors (Lipinski definition) is 6. The number of rotatable bonds is 4. The Bertz CT molecular complexity index is 938. The number of nitrogens with two attached hydrogens (primary N) is 1. The summed E-state index contributed by atoms with van der Waals surface area (Å²) < 4.78 is 27.4. The molecule has 136 valence electrons. The van der Waals surface area contributed by atoms with E-state index in [1.54, 1.807) is 0 Å². The van der Waals surface area contributed by atoms with Gasteiger partial charge in [-0.05, 0) is 77.2 Å². The molecule has 28 heavy (non-hydrogen) atoms. The predicted molar refractivity (Wildman–Crippen MR) is 112 cm³/mol. The maximum atomic E-state index is 13.4. The lowest BCUT2D eigenvalue weighted by atomic mass is 9.60. The predicted octanol–water partition coefficient (Wildman–Crippen LogP) is 0.313. The van der Waals surface area contributed by atoms with E-state index in [-0.39, 0.29) is 34.7 Å². The van der Waals surface area contributed by atoms with E-state index in [0.29, 0.717) is 5.69 Å². The summed E-state index contributed by atoms with van der Waals surface area (Å²) in [5.74, 6) is -0.302. The van der Waals surface area contributed by atoms with Crippen molar-refractivity contribution in [1.29, 1.82) is 0 Å². The summed E-state index contributed by atoms with van der Waals surface area (Å²) in [6.07, 6.45) is 0.202. The lowest BCUT2D eigenvalue weighted by Gasteiger charge is -2.45. The van der Waals surface area contributed by atoms with Gasteiger partial charge in [0.05, 0.1) is 41.5 Å². The molecule has 0 bridgehead atoms. The molecule has 0 amide bonds. The van der Waals surface area contributed by atoms with Crippen molar-refractivity contribution in [3.63, 3.8) is 0 Å². The Morgan fingerprint density at radius 3 is 2.57 bits per heavy atom. The number of nitrogens with zero attached hydrogens (tertiary/aromatic N) is 3. The second-order valence-electron chi connectivity index (χ2n) is 6.49. The highest BCUT2D eigenvalue weighted by molar-refractivity contribution is 9.10. The fraction of sp³-hybridized carbons (Fsp3) is 0.357. The van der Waals surface area contributed by atoms with Gasteiger partial charge in [0, 0.05) is 6.04 Å². The smallest absolute Gasteiger partial charge is 0.202 e. The second-order valence-corrected chi connectivity index (χ2v) is 9.40. The molecule has 3 N–H and O–H groups in total. The van der Waals surface area contributed by atoms with Crippen LogP contribution in [0, 0.1) is 5.82 Å². The van der Waals surface area contributed by atoms with Crippen molar-refractivity contribution in [2.45, 2.75) is 28.0 Å². The number of aliphatic imine (C=N–C) groups is 1. The average molecular weight is 455 g/mol. The van der Waals surface area contributed by atoms with E-state index in [4.69, 9.17) is 41.7 Å². The lowest BCUT2D eigenvalue weighted by Crippen LogP contribution is -2.58. The van der Waals surface area contributed by atoms with Crippen molar-refractivity contribution < 1.29 is 13.2 Å². The molecule has 1 fully saturated rings. The van der Waals surface area contributed by atoms with Crippen molar-refractivity contribution in [2.75, 3.05) is 5.32 Å². The van der Waals surface area contributed by atoms with Crippen LogP contribution in [-0.4, -0.2) is 66.9 Å². The molecule has 1 aliphatic rings. The van der Waals surface area contributed by atoms with E-state index in [1.165, 1.54) is 18.2 Å². The van der Waals surface area contributed by atoms with Crippen LogP contribution in [0.2, 0.25) is 0 Å². The van der Waals surface area contributed by atoms with Crippen LogP contribution in [0.1, 0.15) is 18.5 Å². The molecule has 0 aliphatic carbocycles. The van der Waals surface area contributed by atoms with Gasteiger partial charge in [0.25, 0.3) is 0 Å². The molecule has 2 aromatic rings. The van der Waals surface area contributed by atoms with Crippen molar-refractivity contribution in [1.82, 2.24) is 10.3 Å². The topological polar surface area (TPSA) is 106 Å². The normalized spacial score (nSPS) is 24.0. The highest BCUT2D eigenvalue weighted by Crippen LogP contribution is 2.33. The third kappa shape index (κ3) is 4.37. The van der Waals surface area contributed by atoms with Crippen molar-refractivity contribution in [2.24, 2.45) is 10.7 Å². The zero-order chi connectivity index (χ0) is 20.7. The van der Waals surface area contributed by atoms with Crippen LogP contribution in [0.3, 0.4) is 0 Å². The summed E-state index contributed by atoms with van der Waals surface area (Å²) >= 11 is 3.07. The summed E-state index contributed by atoms with van der Waals surface area (Å²) in [6.45, 7) is 0. The number of aromatic nitrogens is 2. The molecule has 1 aliphatic heterocycles. The Hall–Kier alpha value is -1.55. The minimum atomic E-state index is -1.85. The summed E-state index contributed by atoms with van der Waals surface area (Å²) in [4.78, 5) is 4.17. The summed E-state index contributed by atoms with van der Waals surface area (Å²) in [6, 6.07) is 3.66. The van der Waals surface area contributed by atoms with Crippen LogP contribution in [0.15, 0.2) is 32.3 Å². The molecule has 2 heterocycles. The van der Waals surface area contributed by atoms with Gasteiger partial charge >= 0.3 is 0 Å². The van der Waals surface area contributed by atoms with Gasteiger partial charge in [0.1, 0.15) is 5.82 Å². The summed E-state index contributed by atoms with van der Waals surface area (Å²) in [5.41, 5.74) is 6.49. The summed E-state index contributed by atoms with van der Waals surface area (Å²) in [5, 5.41) is 10.5. The van der Waals surface area contributed by atoms with Crippen LogP contribution in [0.5, 0.6) is 0 Å². The first kappa shape index (κ1) is 21.2. The van der Waals surface area contributed by atoms with Gasteiger partial charge in [-0.15, -0.1) is 0 Å². The first-order valence-corrected chi connectivity index (χ1v) is 9.90. The zero-order valence-electron chi connectivity index (χ0n) is 14.4. The number of amidine groups is 1. The lowest BCUT2D eigenvalue weighted by molar-refractivity contribution is 0.307. The molecular weight excluding hydrogens is 444 g/mol. The Labute approximate surface area is 177 Å². The van der Waals surface area contributed by atoms with E-state index in [0.717, 1.165) is 0 Å². The van der Waals surface area contributed by atoms with Crippen molar-refractivity contribution in [3.05, 3.63) is 34.2 Å². The fourth-order valence-corrected chi connectivity index (χ4v) is 4.62. The standard InChI is InChI=1S/C14H11B4BrFN5O2S/c15-13(16)4-7(5-14(17,18)28(13)26)23-12-10(24-27-25-12)11(21)22-6-1-2-9(20)8(19)3-6/h1-3,7H,4-5H2,(H2,21,22)(H,23,25). The van der Waals surface area contributed by atoms with E-state index in [2.05, 4.69) is 36.6 Å². The number of benzene rings is 1. The van der Waals surface area contributed by atoms with E-state index in [1.807, 2.05) is 0 Å². The minimum absolute atomic E-state index is 0.0276. The average Bonchev–Trinajstić information content (AvgIpc) is 3.03. The fourth-order valence-electron chi connectivity index (χ4n) is 2.84. The maximum absolute atomic E-state index is 13.4. The highest BCUT2D eigenvalue weighted by Gasteiger charge is 2.44. The van der Waals surface area contributed by atoms with Gasteiger partial charge in [-0.25, -0.2) is 14.0 Å². The Morgan fingerprint density at radius 2 is 1.96 bits per heavy atom. The second kappa shape index (κ2) is 7.70.